The maximum atomic E-state index is 14.0. The number of ketones is 1. The van der Waals surface area contributed by atoms with Crippen LogP contribution in [0, 0.1) is 12.7 Å². The van der Waals surface area contributed by atoms with Gasteiger partial charge in [0.05, 0.1) is 11.3 Å². The molecule has 0 saturated heterocycles. The second-order valence-electron chi connectivity index (χ2n) is 4.85. The highest BCUT2D eigenvalue weighted by atomic mass is 32.2. The van der Waals surface area contributed by atoms with Crippen LogP contribution in [0.1, 0.15) is 29.8 Å². The molecule has 19 heavy (non-hydrogen) atoms. The van der Waals surface area contributed by atoms with Crippen LogP contribution in [-0.2, 0) is 4.79 Å². The molecule has 0 aliphatic carbocycles. The molecule has 1 heterocycles. The van der Waals surface area contributed by atoms with Gasteiger partial charge in [-0.05, 0) is 29.9 Å². The van der Waals surface area contributed by atoms with Gasteiger partial charge >= 0.3 is 0 Å². The summed E-state index contributed by atoms with van der Waals surface area (Å²) in [6, 6.07) is 2.93. The van der Waals surface area contributed by atoms with Gasteiger partial charge in [-0.15, -0.1) is 0 Å². The molecule has 0 spiro atoms. The summed E-state index contributed by atoms with van der Waals surface area (Å²) < 4.78 is 14.0. The van der Waals surface area contributed by atoms with E-state index in [0.29, 0.717) is 23.1 Å². The van der Waals surface area contributed by atoms with E-state index in [1.807, 2.05) is 0 Å². The molecule has 0 fully saturated rings. The fourth-order valence-electron chi connectivity index (χ4n) is 2.11. The minimum absolute atomic E-state index is 0.143. The van der Waals surface area contributed by atoms with Crippen molar-refractivity contribution < 1.29 is 14.0 Å². The number of thioether (sulfide) groups is 1. The first-order valence-electron chi connectivity index (χ1n) is 6.19. The average molecular weight is 281 g/mol. The minimum Gasteiger partial charge on any atom is -0.301 e. The first kappa shape index (κ1) is 14.1. The number of Topliss-reactive ketones (excluding diaryl/α,β-unsaturated/α-hetero) is 1. The number of anilines is 1. The molecular weight excluding hydrogens is 265 g/mol. The molecule has 3 nitrogen and oxygen atoms in total. The smallest absolute Gasteiger partial charge is 0.299 e. The van der Waals surface area contributed by atoms with E-state index in [1.54, 1.807) is 24.8 Å². The van der Waals surface area contributed by atoms with Crippen LogP contribution in [0.25, 0.3) is 0 Å². The Kier molecular flexibility index (Phi) is 3.94. The number of carbonyl (C=O) groups is 2. The van der Waals surface area contributed by atoms with Crippen molar-refractivity contribution >= 4 is 29.1 Å². The van der Waals surface area contributed by atoms with E-state index in [0.717, 1.165) is 0 Å². The van der Waals surface area contributed by atoms with Gasteiger partial charge in [0.25, 0.3) is 11.7 Å². The van der Waals surface area contributed by atoms with Gasteiger partial charge in [0.1, 0.15) is 5.82 Å². The lowest BCUT2D eigenvalue weighted by molar-refractivity contribution is -0.114. The van der Waals surface area contributed by atoms with E-state index in [9.17, 15) is 14.0 Å². The summed E-state index contributed by atoms with van der Waals surface area (Å²) >= 11 is 1.68. The van der Waals surface area contributed by atoms with Gasteiger partial charge in [-0.1, -0.05) is 13.8 Å². The Balaban J connectivity index is 2.28. The molecule has 1 aliphatic rings. The van der Waals surface area contributed by atoms with Crippen LogP contribution in [0.3, 0.4) is 0 Å². The van der Waals surface area contributed by atoms with Crippen LogP contribution in [0.4, 0.5) is 10.1 Å². The quantitative estimate of drug-likeness (QED) is 0.796. The van der Waals surface area contributed by atoms with Gasteiger partial charge in [-0.2, -0.15) is 11.8 Å². The third-order valence-corrected chi connectivity index (χ3v) is 4.01. The van der Waals surface area contributed by atoms with E-state index in [4.69, 9.17) is 0 Å². The maximum absolute atomic E-state index is 14.0. The number of carbonyl (C=O) groups excluding carboxylic acids is 2. The minimum atomic E-state index is -0.621. The summed E-state index contributed by atoms with van der Waals surface area (Å²) in [6.07, 6.45) is 0. The topological polar surface area (TPSA) is 37.4 Å². The lowest BCUT2D eigenvalue weighted by Crippen LogP contribution is -2.32. The third-order valence-electron chi connectivity index (χ3n) is 2.93. The Hall–Kier alpha value is -1.36. The zero-order chi connectivity index (χ0) is 14.2. The van der Waals surface area contributed by atoms with E-state index >= 15 is 0 Å². The van der Waals surface area contributed by atoms with Crippen molar-refractivity contribution in [3.8, 4) is 0 Å². The van der Waals surface area contributed by atoms with Crippen molar-refractivity contribution in [1.29, 1.82) is 0 Å². The van der Waals surface area contributed by atoms with E-state index < -0.39 is 17.5 Å². The summed E-state index contributed by atoms with van der Waals surface area (Å²) in [5.74, 6) is -1.04. The number of benzene rings is 1. The first-order valence-corrected chi connectivity index (χ1v) is 7.24. The summed E-state index contributed by atoms with van der Waals surface area (Å²) in [6.45, 7) is 6.18. The molecule has 2 rings (SSSR count). The molecule has 0 unspecified atom stereocenters. The highest BCUT2D eigenvalue weighted by molar-refractivity contribution is 7.99. The number of nitrogens with zero attached hydrogens (tertiary/aromatic N) is 1. The number of hydrogen-bond acceptors (Lipinski definition) is 3. The molecule has 0 radical (unpaired) electrons. The number of amides is 1. The zero-order valence-electron chi connectivity index (χ0n) is 11.2. The molecule has 1 amide bonds. The van der Waals surface area contributed by atoms with E-state index in [-0.39, 0.29) is 11.3 Å². The van der Waals surface area contributed by atoms with Crippen LogP contribution in [-0.4, -0.2) is 29.2 Å². The Morgan fingerprint density at radius 2 is 2.00 bits per heavy atom. The number of fused-ring (bicyclic) bond motifs is 1. The number of rotatable bonds is 4. The standard InChI is InChI=1S/C14H16FNO2S/c1-8(2)19-5-4-16-12-10(13(17)14(16)18)6-9(3)7-11(12)15/h6-8H,4-5H2,1-3H3. The lowest BCUT2D eigenvalue weighted by atomic mass is 10.1. The number of aryl methyl sites for hydroxylation is 1. The Morgan fingerprint density at radius 1 is 1.32 bits per heavy atom. The van der Waals surface area contributed by atoms with Crippen LogP contribution >= 0.6 is 11.8 Å². The molecule has 0 aromatic heterocycles. The summed E-state index contributed by atoms with van der Waals surface area (Å²) in [4.78, 5) is 25.0. The van der Waals surface area contributed by atoms with Gasteiger partial charge in [0.2, 0.25) is 0 Å². The molecule has 1 aromatic carbocycles. The second kappa shape index (κ2) is 5.33. The first-order chi connectivity index (χ1) is 8.91. The van der Waals surface area contributed by atoms with Gasteiger partial charge in [-0.25, -0.2) is 4.39 Å². The summed E-state index contributed by atoms with van der Waals surface area (Å²) in [5, 5.41) is 0.441. The molecule has 5 heteroatoms. The Labute approximate surface area is 116 Å². The molecule has 0 saturated carbocycles. The zero-order valence-corrected chi connectivity index (χ0v) is 12.0. The van der Waals surface area contributed by atoms with Crippen molar-refractivity contribution in [1.82, 2.24) is 0 Å². The van der Waals surface area contributed by atoms with Crippen LogP contribution in [0.2, 0.25) is 0 Å². The molecular formula is C14H16FNO2S. The van der Waals surface area contributed by atoms with Gasteiger partial charge < -0.3 is 4.90 Å². The third kappa shape index (κ3) is 2.66. The summed E-state index contributed by atoms with van der Waals surface area (Å²) in [7, 11) is 0. The normalized spacial score (nSPS) is 14.5. The van der Waals surface area contributed by atoms with Crippen LogP contribution in [0.15, 0.2) is 12.1 Å². The SMILES string of the molecule is Cc1cc(F)c2c(c1)C(=O)C(=O)N2CCSC(C)C. The monoisotopic (exact) mass is 281 g/mol. The van der Waals surface area contributed by atoms with Crippen molar-refractivity contribution in [2.45, 2.75) is 26.0 Å². The highest BCUT2D eigenvalue weighted by Gasteiger charge is 2.37. The average Bonchev–Trinajstić information content (AvgIpc) is 2.54. The Bertz CT molecular complexity index is 542. The summed E-state index contributed by atoms with van der Waals surface area (Å²) in [5.41, 5.74) is 0.984. The van der Waals surface area contributed by atoms with Gasteiger partial charge in [-0.3, -0.25) is 9.59 Å². The van der Waals surface area contributed by atoms with Crippen molar-refractivity contribution in [3.63, 3.8) is 0 Å². The molecule has 102 valence electrons. The maximum Gasteiger partial charge on any atom is 0.299 e. The predicted octanol–water partition coefficient (Wildman–Crippen LogP) is 2.81. The van der Waals surface area contributed by atoms with Gasteiger partial charge in [0, 0.05) is 12.3 Å². The number of halogens is 1. The fourth-order valence-corrected chi connectivity index (χ4v) is 2.87. The lowest BCUT2D eigenvalue weighted by Gasteiger charge is -2.17. The molecule has 0 N–H and O–H groups in total. The molecule has 1 aliphatic heterocycles. The largest absolute Gasteiger partial charge is 0.301 e. The molecule has 0 bridgehead atoms. The Morgan fingerprint density at radius 3 is 2.63 bits per heavy atom. The molecule has 1 aromatic rings. The van der Waals surface area contributed by atoms with Crippen LogP contribution in [0.5, 0.6) is 0 Å². The highest BCUT2D eigenvalue weighted by Crippen LogP contribution is 2.33. The van der Waals surface area contributed by atoms with Crippen molar-refractivity contribution in [2.75, 3.05) is 17.2 Å². The van der Waals surface area contributed by atoms with E-state index in [2.05, 4.69) is 13.8 Å². The van der Waals surface area contributed by atoms with Crippen molar-refractivity contribution in [2.24, 2.45) is 0 Å². The van der Waals surface area contributed by atoms with Crippen molar-refractivity contribution in [3.05, 3.63) is 29.1 Å². The van der Waals surface area contributed by atoms with Crippen LogP contribution < -0.4 is 4.90 Å². The fraction of sp³-hybridized carbons (Fsp3) is 0.429. The van der Waals surface area contributed by atoms with E-state index in [1.165, 1.54) is 11.0 Å². The second-order valence-corrected chi connectivity index (χ2v) is 6.53. The van der Waals surface area contributed by atoms with Gasteiger partial charge in [0.15, 0.2) is 0 Å². The predicted molar refractivity (Wildman–Crippen MR) is 75.4 cm³/mol. The molecule has 0 atom stereocenters. The number of hydrogen-bond donors (Lipinski definition) is 0.